The minimum absolute atomic E-state index is 0.00347. The highest BCUT2D eigenvalue weighted by Gasteiger charge is 2.40. The monoisotopic (exact) mass is 504 g/mol. The fraction of sp³-hybridized carbons (Fsp3) is 0.154. The zero-order chi connectivity index (χ0) is 25.5. The average Bonchev–Trinajstić information content (AvgIpc) is 3.18. The normalized spacial score (nSPS) is 16.5. The number of hydrogen-bond acceptors (Lipinski definition) is 8. The molecule has 3 aromatic rings. The van der Waals surface area contributed by atoms with Crippen LogP contribution in [0, 0.1) is 0 Å². The highest BCUT2D eigenvalue weighted by molar-refractivity contribution is 8.16. The number of thioether (sulfide) groups is 1. The quantitative estimate of drug-likeness (QED) is 0.350. The van der Waals surface area contributed by atoms with Crippen molar-refractivity contribution in [2.24, 2.45) is 10.2 Å². The van der Waals surface area contributed by atoms with Crippen LogP contribution >= 0.6 is 11.8 Å². The molecule has 4 rings (SSSR count). The predicted molar refractivity (Wildman–Crippen MR) is 141 cm³/mol. The van der Waals surface area contributed by atoms with Crippen LogP contribution in [0.1, 0.15) is 12.0 Å². The van der Waals surface area contributed by atoms with Crippen LogP contribution in [0.5, 0.6) is 17.2 Å². The smallest absolute Gasteiger partial charge is 0.247 e. The Hall–Kier alpha value is -4.31. The highest BCUT2D eigenvalue weighted by atomic mass is 32.2. The number of amidine groups is 1. The van der Waals surface area contributed by atoms with E-state index in [0.717, 1.165) is 11.8 Å². The summed E-state index contributed by atoms with van der Waals surface area (Å²) in [6.07, 6.45) is 1.47. The number of hydrogen-bond donors (Lipinski definition) is 2. The number of benzene rings is 3. The molecule has 1 heterocycles. The summed E-state index contributed by atoms with van der Waals surface area (Å²) in [6.45, 7) is 0. The Kier molecular flexibility index (Phi) is 7.86. The van der Waals surface area contributed by atoms with Crippen LogP contribution in [-0.2, 0) is 9.59 Å². The van der Waals surface area contributed by atoms with E-state index in [1.807, 2.05) is 18.2 Å². The maximum Gasteiger partial charge on any atom is 0.247 e. The summed E-state index contributed by atoms with van der Waals surface area (Å²) in [5.41, 5.74) is 1.80. The van der Waals surface area contributed by atoms with E-state index in [1.54, 1.807) is 56.7 Å². The van der Waals surface area contributed by atoms with Gasteiger partial charge in [0.05, 0.1) is 26.1 Å². The van der Waals surface area contributed by atoms with Gasteiger partial charge in [-0.1, -0.05) is 36.0 Å². The molecule has 2 N–H and O–H groups in total. The van der Waals surface area contributed by atoms with Crippen molar-refractivity contribution in [1.29, 1.82) is 0 Å². The van der Waals surface area contributed by atoms with Gasteiger partial charge in [0.15, 0.2) is 16.7 Å². The van der Waals surface area contributed by atoms with Crippen molar-refractivity contribution in [2.45, 2.75) is 11.7 Å². The molecular weight excluding hydrogens is 480 g/mol. The lowest BCUT2D eigenvalue weighted by Crippen LogP contribution is -2.33. The second kappa shape index (κ2) is 11.4. The summed E-state index contributed by atoms with van der Waals surface area (Å²) >= 11 is 1.14. The van der Waals surface area contributed by atoms with Crippen molar-refractivity contribution in [1.82, 2.24) is 0 Å². The standard InChI is InChI=1S/C26H24N4O5S/c1-34-21-12-11-17(13-22(21)35-2)16-27-29-26-30(19-9-6-10-20(31)14-19)25(33)23(36-26)15-24(32)28-18-7-4-3-5-8-18/h3-14,16,23,31H,15H2,1-2H3,(H,28,32)/b27-16-,29-26-/t23-/m1/s1. The third-order valence-electron chi connectivity index (χ3n) is 5.21. The molecule has 184 valence electrons. The van der Waals surface area contributed by atoms with Gasteiger partial charge in [-0.25, -0.2) is 0 Å². The molecular formula is C26H24N4O5S. The molecule has 0 aromatic heterocycles. The van der Waals surface area contributed by atoms with Crippen LogP contribution < -0.4 is 19.7 Å². The lowest BCUT2D eigenvalue weighted by Gasteiger charge is -2.16. The summed E-state index contributed by atoms with van der Waals surface area (Å²) in [6, 6.07) is 20.6. The summed E-state index contributed by atoms with van der Waals surface area (Å²) in [5.74, 6) is 0.519. The van der Waals surface area contributed by atoms with E-state index in [1.165, 1.54) is 23.2 Å². The summed E-state index contributed by atoms with van der Waals surface area (Å²) < 4.78 is 10.6. The molecule has 9 nitrogen and oxygen atoms in total. The van der Waals surface area contributed by atoms with E-state index in [9.17, 15) is 14.7 Å². The van der Waals surface area contributed by atoms with Crippen LogP contribution in [0.15, 0.2) is 83.0 Å². The number of phenols is 1. The minimum Gasteiger partial charge on any atom is -0.508 e. The maximum atomic E-state index is 13.3. The first-order valence-electron chi connectivity index (χ1n) is 11.0. The number of methoxy groups -OCH3 is 2. The number of rotatable bonds is 8. The van der Waals surface area contributed by atoms with E-state index in [-0.39, 0.29) is 24.0 Å². The Morgan fingerprint density at radius 3 is 2.56 bits per heavy atom. The van der Waals surface area contributed by atoms with Crippen molar-refractivity contribution in [3.8, 4) is 17.2 Å². The van der Waals surface area contributed by atoms with Gasteiger partial charge < -0.3 is 19.9 Å². The van der Waals surface area contributed by atoms with Gasteiger partial charge in [-0.15, -0.1) is 5.10 Å². The highest BCUT2D eigenvalue weighted by Crippen LogP contribution is 2.35. The van der Waals surface area contributed by atoms with Gasteiger partial charge in [-0.2, -0.15) is 5.10 Å². The van der Waals surface area contributed by atoms with Crippen molar-refractivity contribution >= 4 is 46.3 Å². The number of amides is 2. The molecule has 1 aliphatic heterocycles. The number of aromatic hydroxyl groups is 1. The molecule has 2 amide bonds. The Morgan fingerprint density at radius 1 is 1.06 bits per heavy atom. The SMILES string of the molecule is COc1ccc(/C=N\N=C2/S[C@H](CC(=O)Nc3ccccc3)C(=O)N2c2cccc(O)c2)cc1OC. The molecule has 1 atom stereocenters. The van der Waals surface area contributed by atoms with Crippen molar-refractivity contribution in [2.75, 3.05) is 24.4 Å². The summed E-state index contributed by atoms with van der Waals surface area (Å²) in [4.78, 5) is 27.2. The maximum absolute atomic E-state index is 13.3. The number of carbonyl (C=O) groups excluding carboxylic acids is 2. The van der Waals surface area contributed by atoms with Crippen molar-refractivity contribution in [3.63, 3.8) is 0 Å². The van der Waals surface area contributed by atoms with Crippen molar-refractivity contribution < 1.29 is 24.2 Å². The zero-order valence-electron chi connectivity index (χ0n) is 19.6. The Bertz CT molecular complexity index is 1310. The molecule has 0 aliphatic carbocycles. The number of carbonyl (C=O) groups is 2. The van der Waals surface area contributed by atoms with Crippen LogP contribution in [0.25, 0.3) is 0 Å². The lowest BCUT2D eigenvalue weighted by atomic mass is 10.2. The first kappa shape index (κ1) is 24.8. The number of nitrogens with one attached hydrogen (secondary N) is 1. The van der Waals surface area contributed by atoms with E-state index in [0.29, 0.717) is 33.6 Å². The third kappa shape index (κ3) is 5.84. The van der Waals surface area contributed by atoms with Crippen LogP contribution in [0.2, 0.25) is 0 Å². The molecule has 0 radical (unpaired) electrons. The lowest BCUT2D eigenvalue weighted by molar-refractivity contribution is -0.121. The molecule has 10 heteroatoms. The fourth-order valence-electron chi connectivity index (χ4n) is 3.52. The van der Waals surface area contributed by atoms with Gasteiger partial charge in [0.25, 0.3) is 0 Å². The molecule has 0 bridgehead atoms. The topological polar surface area (TPSA) is 113 Å². The molecule has 0 saturated carbocycles. The first-order chi connectivity index (χ1) is 17.5. The van der Waals surface area contributed by atoms with Crippen LogP contribution in [-0.4, -0.2) is 47.8 Å². The van der Waals surface area contributed by atoms with Gasteiger partial charge in [-0.3, -0.25) is 14.5 Å². The summed E-state index contributed by atoms with van der Waals surface area (Å²) in [7, 11) is 3.10. The molecule has 1 fully saturated rings. The van der Waals surface area contributed by atoms with Gasteiger partial charge >= 0.3 is 0 Å². The number of nitrogens with zero attached hydrogens (tertiary/aromatic N) is 3. The molecule has 0 unspecified atom stereocenters. The molecule has 0 spiro atoms. The Morgan fingerprint density at radius 2 is 1.83 bits per heavy atom. The third-order valence-corrected chi connectivity index (χ3v) is 6.34. The summed E-state index contributed by atoms with van der Waals surface area (Å²) in [5, 5.41) is 20.7. The van der Waals surface area contributed by atoms with Gasteiger partial charge in [-0.05, 0) is 48.0 Å². The fourth-order valence-corrected chi connectivity index (χ4v) is 4.61. The largest absolute Gasteiger partial charge is 0.508 e. The van der Waals surface area contributed by atoms with E-state index >= 15 is 0 Å². The van der Waals surface area contributed by atoms with Crippen LogP contribution in [0.4, 0.5) is 11.4 Å². The van der Waals surface area contributed by atoms with Crippen molar-refractivity contribution in [3.05, 3.63) is 78.4 Å². The van der Waals surface area contributed by atoms with E-state index < -0.39 is 5.25 Å². The molecule has 1 aliphatic rings. The minimum atomic E-state index is -0.703. The number of phenolic OH excluding ortho intramolecular Hbond substituents is 1. The Balaban J connectivity index is 1.57. The molecule has 3 aromatic carbocycles. The number of para-hydroxylation sites is 1. The predicted octanol–water partition coefficient (Wildman–Crippen LogP) is 4.28. The zero-order valence-corrected chi connectivity index (χ0v) is 20.4. The van der Waals surface area contributed by atoms with Gasteiger partial charge in [0, 0.05) is 18.2 Å². The number of ether oxygens (including phenoxy) is 2. The molecule has 1 saturated heterocycles. The van der Waals surface area contributed by atoms with E-state index in [2.05, 4.69) is 15.5 Å². The Labute approximate surface area is 212 Å². The van der Waals surface area contributed by atoms with Gasteiger partial charge in [0.1, 0.15) is 11.0 Å². The number of anilines is 2. The first-order valence-corrected chi connectivity index (χ1v) is 11.8. The van der Waals surface area contributed by atoms with Gasteiger partial charge in [0.2, 0.25) is 11.8 Å². The second-order valence-electron chi connectivity index (χ2n) is 7.66. The molecule has 36 heavy (non-hydrogen) atoms. The second-order valence-corrected chi connectivity index (χ2v) is 8.83. The van der Waals surface area contributed by atoms with Crippen LogP contribution in [0.3, 0.4) is 0 Å². The van der Waals surface area contributed by atoms with E-state index in [4.69, 9.17) is 9.47 Å². The average molecular weight is 505 g/mol.